The Kier molecular flexibility index (Phi) is 5.46. The maximum Gasteiger partial charge on any atom is 0.332 e. The number of hydrogen-bond acceptors (Lipinski definition) is 5. The molecule has 4 heterocycles. The van der Waals surface area contributed by atoms with E-state index in [9.17, 15) is 14.3 Å². The van der Waals surface area contributed by atoms with E-state index in [0.717, 1.165) is 51.6 Å². The van der Waals surface area contributed by atoms with Gasteiger partial charge in [-0.2, -0.15) is 5.10 Å². The lowest BCUT2D eigenvalue weighted by Crippen LogP contribution is -2.20. The molecule has 0 radical (unpaired) electrons. The van der Waals surface area contributed by atoms with Crippen LogP contribution < -0.4 is 4.74 Å². The number of H-pyrrole nitrogens is 1. The van der Waals surface area contributed by atoms with Gasteiger partial charge in [0.25, 0.3) is 0 Å². The minimum absolute atomic E-state index is 0.0830. The summed E-state index contributed by atoms with van der Waals surface area (Å²) in [7, 11) is 1.46. The van der Waals surface area contributed by atoms with Crippen molar-refractivity contribution < 1.29 is 28.5 Å². The Balaban J connectivity index is 1.66. The van der Waals surface area contributed by atoms with Crippen molar-refractivity contribution in [3.05, 3.63) is 53.6 Å². The summed E-state index contributed by atoms with van der Waals surface area (Å²) >= 11 is 0. The smallest absolute Gasteiger partial charge is 0.332 e. The number of ether oxygens (including phenoxy) is 3. The molecule has 2 N–H and O–H groups in total. The highest BCUT2D eigenvalue weighted by Crippen LogP contribution is 2.45. The molecular weight excluding hydrogens is 453 g/mol. The zero-order chi connectivity index (χ0) is 24.1. The highest BCUT2D eigenvalue weighted by molar-refractivity contribution is 5.99. The molecule has 0 aliphatic carbocycles. The summed E-state index contributed by atoms with van der Waals surface area (Å²) in [5.41, 5.74) is 4.85. The second-order valence-electron chi connectivity index (χ2n) is 9.26. The van der Waals surface area contributed by atoms with Crippen LogP contribution in [0.1, 0.15) is 42.4 Å². The van der Waals surface area contributed by atoms with Gasteiger partial charge in [0, 0.05) is 53.3 Å². The summed E-state index contributed by atoms with van der Waals surface area (Å²) in [6.07, 6.45) is 3.04. The Labute approximate surface area is 200 Å². The van der Waals surface area contributed by atoms with Crippen molar-refractivity contribution in [1.82, 2.24) is 14.8 Å². The lowest BCUT2D eigenvalue weighted by atomic mass is 9.86. The summed E-state index contributed by atoms with van der Waals surface area (Å²) < 4.78 is 33.2. The van der Waals surface area contributed by atoms with Gasteiger partial charge in [0.05, 0.1) is 30.9 Å². The van der Waals surface area contributed by atoms with E-state index in [2.05, 4.69) is 26.9 Å². The molecule has 2 aliphatic rings. The molecule has 2 fully saturated rings. The van der Waals surface area contributed by atoms with Gasteiger partial charge in [0.2, 0.25) is 0 Å². The molecule has 35 heavy (non-hydrogen) atoms. The number of rotatable bonds is 5. The second kappa shape index (κ2) is 8.66. The van der Waals surface area contributed by atoms with Crippen molar-refractivity contribution in [1.29, 1.82) is 0 Å². The number of carboxylic acid groups (broad SMARTS) is 1. The van der Waals surface area contributed by atoms with Crippen LogP contribution in [-0.2, 0) is 14.3 Å². The number of methoxy groups -OCH3 is 1. The SMILES string of the molecule is COc1cc(-n2c(C3CCOCC3)c([C@@H]3CO[C@H](C(=O)O)C3)c3cc4[nH]ncc4cc32)ccc1F. The van der Waals surface area contributed by atoms with Crippen molar-refractivity contribution in [2.45, 2.75) is 37.2 Å². The van der Waals surface area contributed by atoms with Gasteiger partial charge in [0.1, 0.15) is 0 Å². The fourth-order valence-electron chi connectivity index (χ4n) is 5.64. The van der Waals surface area contributed by atoms with Crippen LogP contribution in [0.5, 0.6) is 5.75 Å². The number of aliphatic carboxylic acids is 1. The average Bonchev–Trinajstić information content (AvgIpc) is 3.60. The summed E-state index contributed by atoms with van der Waals surface area (Å²) in [6.45, 7) is 1.64. The van der Waals surface area contributed by atoms with Crippen LogP contribution in [-0.4, -0.2) is 58.9 Å². The Morgan fingerprint density at radius 3 is 2.80 bits per heavy atom. The molecule has 6 rings (SSSR count). The van der Waals surface area contributed by atoms with Crippen molar-refractivity contribution >= 4 is 27.8 Å². The number of nitrogens with zero attached hydrogens (tertiary/aromatic N) is 2. The molecule has 2 atom stereocenters. The van der Waals surface area contributed by atoms with Gasteiger partial charge in [-0.05, 0) is 49.1 Å². The number of carboxylic acids is 1. The molecule has 0 amide bonds. The van der Waals surface area contributed by atoms with Crippen molar-refractivity contribution in [3.63, 3.8) is 0 Å². The number of nitrogens with one attached hydrogen (secondary N) is 1. The molecule has 0 saturated carbocycles. The summed E-state index contributed by atoms with van der Waals surface area (Å²) in [5.74, 6) is -1.08. The first-order valence-corrected chi connectivity index (χ1v) is 11.8. The number of fused-ring (bicyclic) bond motifs is 2. The van der Waals surface area contributed by atoms with Gasteiger partial charge >= 0.3 is 5.97 Å². The van der Waals surface area contributed by atoms with E-state index in [0.29, 0.717) is 26.2 Å². The molecule has 8 nitrogen and oxygen atoms in total. The topological polar surface area (TPSA) is 98.6 Å². The number of aromatic nitrogens is 3. The molecule has 2 saturated heterocycles. The fraction of sp³-hybridized carbons (Fsp3) is 0.385. The molecule has 0 spiro atoms. The largest absolute Gasteiger partial charge is 0.494 e. The van der Waals surface area contributed by atoms with Crippen LogP contribution in [0.3, 0.4) is 0 Å². The van der Waals surface area contributed by atoms with Gasteiger partial charge in [-0.25, -0.2) is 9.18 Å². The third-order valence-corrected chi connectivity index (χ3v) is 7.29. The predicted octanol–water partition coefficient (Wildman–Crippen LogP) is 4.51. The van der Waals surface area contributed by atoms with Crippen LogP contribution in [0, 0.1) is 5.82 Å². The third kappa shape index (κ3) is 3.66. The monoisotopic (exact) mass is 479 g/mol. The zero-order valence-corrected chi connectivity index (χ0v) is 19.3. The van der Waals surface area contributed by atoms with E-state index in [4.69, 9.17) is 14.2 Å². The van der Waals surface area contributed by atoms with Gasteiger partial charge < -0.3 is 23.9 Å². The first kappa shape index (κ1) is 22.1. The van der Waals surface area contributed by atoms with E-state index in [1.165, 1.54) is 13.2 Å². The van der Waals surface area contributed by atoms with E-state index < -0.39 is 17.9 Å². The number of aromatic amines is 1. The van der Waals surface area contributed by atoms with Gasteiger partial charge in [-0.3, -0.25) is 5.10 Å². The molecule has 9 heteroatoms. The Morgan fingerprint density at radius 2 is 2.06 bits per heavy atom. The molecule has 2 aromatic heterocycles. The maximum atomic E-state index is 14.4. The normalized spacial score (nSPS) is 21.2. The first-order chi connectivity index (χ1) is 17.0. The highest BCUT2D eigenvalue weighted by Gasteiger charge is 2.37. The van der Waals surface area contributed by atoms with Crippen LogP contribution in [0.15, 0.2) is 36.5 Å². The van der Waals surface area contributed by atoms with Crippen molar-refractivity contribution in [2.24, 2.45) is 0 Å². The van der Waals surface area contributed by atoms with E-state index in [-0.39, 0.29) is 17.6 Å². The number of benzene rings is 2. The highest BCUT2D eigenvalue weighted by atomic mass is 19.1. The molecule has 4 aromatic rings. The van der Waals surface area contributed by atoms with Gasteiger partial charge in [-0.15, -0.1) is 0 Å². The van der Waals surface area contributed by atoms with Crippen LogP contribution in [0.2, 0.25) is 0 Å². The molecular formula is C26H26FN3O5. The molecule has 0 bridgehead atoms. The fourth-order valence-corrected chi connectivity index (χ4v) is 5.64. The number of halogens is 1. The lowest BCUT2D eigenvalue weighted by molar-refractivity contribution is -0.147. The van der Waals surface area contributed by atoms with Crippen LogP contribution >= 0.6 is 0 Å². The van der Waals surface area contributed by atoms with Crippen molar-refractivity contribution in [2.75, 3.05) is 26.9 Å². The lowest BCUT2D eigenvalue weighted by Gasteiger charge is -2.27. The predicted molar refractivity (Wildman–Crippen MR) is 127 cm³/mol. The molecule has 2 aliphatic heterocycles. The minimum Gasteiger partial charge on any atom is -0.494 e. The molecule has 182 valence electrons. The number of hydrogen-bond donors (Lipinski definition) is 2. The minimum atomic E-state index is -0.942. The second-order valence-corrected chi connectivity index (χ2v) is 9.26. The Bertz CT molecular complexity index is 1420. The average molecular weight is 480 g/mol. The summed E-state index contributed by atoms with van der Waals surface area (Å²) in [4.78, 5) is 11.7. The molecule has 2 aromatic carbocycles. The zero-order valence-electron chi connectivity index (χ0n) is 19.3. The summed E-state index contributed by atoms with van der Waals surface area (Å²) in [5, 5.41) is 18.8. The summed E-state index contributed by atoms with van der Waals surface area (Å²) in [6, 6.07) is 9.06. The standard InChI is InChI=1S/C26H26FN3O5/c1-33-22-10-17(2-3-19(22)27)30-21-8-15-12-28-29-20(15)11-18(21)24(16-9-23(26(31)32)35-13-16)25(30)14-4-6-34-7-5-14/h2-3,8,10-12,14,16,23H,4-7,9,13H2,1H3,(H,28,29)(H,31,32)/t16-,23-/m0/s1. The van der Waals surface area contributed by atoms with Crippen LogP contribution in [0.25, 0.3) is 27.5 Å². The Morgan fingerprint density at radius 1 is 1.23 bits per heavy atom. The maximum absolute atomic E-state index is 14.4. The first-order valence-electron chi connectivity index (χ1n) is 11.8. The molecule has 0 unspecified atom stereocenters. The number of carbonyl (C=O) groups is 1. The van der Waals surface area contributed by atoms with E-state index in [1.54, 1.807) is 18.3 Å². The Hall–Kier alpha value is -3.43. The third-order valence-electron chi connectivity index (χ3n) is 7.29. The van der Waals surface area contributed by atoms with Crippen molar-refractivity contribution in [3.8, 4) is 11.4 Å². The quantitative estimate of drug-likeness (QED) is 0.437. The van der Waals surface area contributed by atoms with Crippen LogP contribution in [0.4, 0.5) is 4.39 Å². The van der Waals surface area contributed by atoms with Gasteiger partial charge in [0.15, 0.2) is 17.7 Å². The van der Waals surface area contributed by atoms with E-state index >= 15 is 0 Å². The van der Waals surface area contributed by atoms with E-state index in [1.807, 2.05) is 0 Å². The van der Waals surface area contributed by atoms with Gasteiger partial charge in [-0.1, -0.05) is 0 Å².